The number of Topliss-reactive ketones (excluding diaryl/α,β-unsaturated/α-hetero) is 1. The van der Waals surface area contributed by atoms with E-state index in [4.69, 9.17) is 9.47 Å². The average molecular weight is 395 g/mol. The molecular weight excluding hydrogens is 370 g/mol. The second-order valence-corrected chi connectivity index (χ2v) is 6.36. The lowest BCUT2D eigenvalue weighted by Gasteiger charge is -2.16. The van der Waals surface area contributed by atoms with Crippen molar-refractivity contribution in [2.45, 2.75) is 26.3 Å². The van der Waals surface area contributed by atoms with E-state index < -0.39 is 24.5 Å². The fourth-order valence-electron chi connectivity index (χ4n) is 2.57. The van der Waals surface area contributed by atoms with Crippen molar-refractivity contribution in [3.8, 4) is 5.75 Å². The van der Waals surface area contributed by atoms with Gasteiger partial charge in [0, 0.05) is 6.08 Å². The van der Waals surface area contributed by atoms with Gasteiger partial charge in [0.1, 0.15) is 5.75 Å². The summed E-state index contributed by atoms with van der Waals surface area (Å²) in [5.41, 5.74) is 1.73. The fourth-order valence-corrected chi connectivity index (χ4v) is 2.57. The second-order valence-electron chi connectivity index (χ2n) is 6.36. The molecule has 1 atom stereocenters. The lowest BCUT2D eigenvalue weighted by Crippen LogP contribution is -2.43. The summed E-state index contributed by atoms with van der Waals surface area (Å²) in [6.07, 6.45) is 3.21. The van der Waals surface area contributed by atoms with E-state index in [0.717, 1.165) is 16.9 Å². The van der Waals surface area contributed by atoms with Crippen LogP contribution in [0.2, 0.25) is 0 Å². The summed E-state index contributed by atoms with van der Waals surface area (Å²) in [5, 5.41) is 2.61. The quantitative estimate of drug-likeness (QED) is 0.494. The molecule has 0 aliphatic heterocycles. The monoisotopic (exact) mass is 395 g/mol. The number of benzene rings is 2. The van der Waals surface area contributed by atoms with Crippen LogP contribution in [-0.4, -0.2) is 36.9 Å². The third-order valence-electron chi connectivity index (χ3n) is 4.06. The topological polar surface area (TPSA) is 81.7 Å². The molecule has 6 nitrogen and oxygen atoms in total. The molecule has 0 saturated heterocycles. The van der Waals surface area contributed by atoms with Crippen molar-refractivity contribution in [3.05, 3.63) is 71.8 Å². The number of carbonyl (C=O) groups is 3. The molecular formula is C23H25NO5. The Balaban J connectivity index is 1.80. The Morgan fingerprint density at radius 2 is 1.72 bits per heavy atom. The van der Waals surface area contributed by atoms with Crippen LogP contribution in [0.3, 0.4) is 0 Å². The lowest BCUT2D eigenvalue weighted by atomic mass is 10.0. The average Bonchev–Trinajstić information content (AvgIpc) is 2.72. The molecule has 0 spiro atoms. The van der Waals surface area contributed by atoms with Gasteiger partial charge in [-0.3, -0.25) is 9.59 Å². The van der Waals surface area contributed by atoms with Gasteiger partial charge in [-0.2, -0.15) is 0 Å². The molecule has 1 unspecified atom stereocenters. The number of ether oxygens (including phenoxy) is 2. The summed E-state index contributed by atoms with van der Waals surface area (Å²) in [5.74, 6) is -0.580. The van der Waals surface area contributed by atoms with E-state index in [2.05, 4.69) is 5.32 Å². The van der Waals surface area contributed by atoms with E-state index in [1.807, 2.05) is 49.4 Å². The predicted octanol–water partition coefficient (Wildman–Crippen LogP) is 2.96. The second kappa shape index (κ2) is 11.4. The molecule has 0 heterocycles. The molecule has 1 N–H and O–H groups in total. The zero-order valence-electron chi connectivity index (χ0n) is 16.6. The van der Waals surface area contributed by atoms with Crippen LogP contribution in [-0.2, 0) is 25.5 Å². The molecule has 2 rings (SSSR count). The number of carbonyl (C=O) groups excluding carboxylic acids is 3. The van der Waals surface area contributed by atoms with Crippen molar-refractivity contribution in [1.29, 1.82) is 0 Å². The van der Waals surface area contributed by atoms with Crippen molar-refractivity contribution in [3.63, 3.8) is 0 Å². The molecule has 0 fully saturated rings. The summed E-state index contributed by atoms with van der Waals surface area (Å²) in [7, 11) is 0. The van der Waals surface area contributed by atoms with Gasteiger partial charge in [-0.1, -0.05) is 42.5 Å². The number of esters is 1. The Labute approximate surface area is 170 Å². The summed E-state index contributed by atoms with van der Waals surface area (Å²) >= 11 is 0. The molecule has 152 valence electrons. The highest BCUT2D eigenvalue weighted by molar-refractivity contribution is 5.91. The van der Waals surface area contributed by atoms with Crippen LogP contribution in [0.15, 0.2) is 60.7 Å². The number of rotatable bonds is 10. The largest absolute Gasteiger partial charge is 0.494 e. The molecule has 2 aromatic carbocycles. The minimum atomic E-state index is -0.664. The Hall–Kier alpha value is -3.41. The van der Waals surface area contributed by atoms with Gasteiger partial charge in [0.15, 0.2) is 12.4 Å². The van der Waals surface area contributed by atoms with Gasteiger partial charge in [-0.15, -0.1) is 0 Å². The van der Waals surface area contributed by atoms with E-state index >= 15 is 0 Å². The zero-order valence-corrected chi connectivity index (χ0v) is 16.6. The molecule has 0 aliphatic rings. The predicted molar refractivity (Wildman–Crippen MR) is 110 cm³/mol. The van der Waals surface area contributed by atoms with Crippen molar-refractivity contribution in [1.82, 2.24) is 5.32 Å². The molecule has 0 saturated carbocycles. The van der Waals surface area contributed by atoms with Crippen LogP contribution < -0.4 is 10.1 Å². The summed E-state index contributed by atoms with van der Waals surface area (Å²) in [4.78, 5) is 35.7. The molecule has 0 bridgehead atoms. The van der Waals surface area contributed by atoms with Gasteiger partial charge in [0.05, 0.1) is 12.6 Å². The highest BCUT2D eigenvalue weighted by Gasteiger charge is 2.18. The first-order chi connectivity index (χ1) is 14.0. The SMILES string of the molecule is CCOc1ccc(/C=C/C(=O)OCC(=O)NC(Cc2ccccc2)C(C)=O)cc1. The number of hydrogen-bond donors (Lipinski definition) is 1. The first-order valence-electron chi connectivity index (χ1n) is 9.39. The Morgan fingerprint density at radius 3 is 2.34 bits per heavy atom. The third-order valence-corrected chi connectivity index (χ3v) is 4.06. The molecule has 0 aromatic heterocycles. The zero-order chi connectivity index (χ0) is 21.1. The molecule has 6 heteroatoms. The van der Waals surface area contributed by atoms with Crippen molar-refractivity contribution >= 4 is 23.7 Å². The normalized spacial score (nSPS) is 11.7. The Kier molecular flexibility index (Phi) is 8.63. The van der Waals surface area contributed by atoms with Crippen LogP contribution in [0.25, 0.3) is 6.08 Å². The van der Waals surface area contributed by atoms with E-state index in [9.17, 15) is 14.4 Å². The van der Waals surface area contributed by atoms with E-state index in [-0.39, 0.29) is 5.78 Å². The number of nitrogens with one attached hydrogen (secondary N) is 1. The van der Waals surface area contributed by atoms with E-state index in [1.54, 1.807) is 18.2 Å². The van der Waals surface area contributed by atoms with Crippen LogP contribution in [0.5, 0.6) is 5.75 Å². The molecule has 2 aromatic rings. The number of hydrogen-bond acceptors (Lipinski definition) is 5. The maximum atomic E-state index is 12.0. The summed E-state index contributed by atoms with van der Waals surface area (Å²) in [6.45, 7) is 3.45. The van der Waals surface area contributed by atoms with Crippen LogP contribution in [0.4, 0.5) is 0 Å². The van der Waals surface area contributed by atoms with Gasteiger partial charge < -0.3 is 14.8 Å². The van der Waals surface area contributed by atoms with Gasteiger partial charge in [-0.25, -0.2) is 4.79 Å². The van der Waals surface area contributed by atoms with Crippen LogP contribution in [0.1, 0.15) is 25.0 Å². The summed E-state index contributed by atoms with van der Waals surface area (Å²) < 4.78 is 10.3. The van der Waals surface area contributed by atoms with E-state index in [1.165, 1.54) is 13.0 Å². The smallest absolute Gasteiger partial charge is 0.331 e. The van der Waals surface area contributed by atoms with E-state index in [0.29, 0.717) is 13.0 Å². The van der Waals surface area contributed by atoms with Gasteiger partial charge >= 0.3 is 5.97 Å². The van der Waals surface area contributed by atoms with Gasteiger partial charge in [0.2, 0.25) is 0 Å². The maximum absolute atomic E-state index is 12.0. The fraction of sp³-hybridized carbons (Fsp3) is 0.261. The first-order valence-corrected chi connectivity index (χ1v) is 9.39. The van der Waals surface area contributed by atoms with Crippen molar-refractivity contribution in [2.75, 3.05) is 13.2 Å². The Bertz CT molecular complexity index is 843. The number of amides is 1. The van der Waals surface area contributed by atoms with Gasteiger partial charge in [0.25, 0.3) is 5.91 Å². The minimum Gasteiger partial charge on any atom is -0.494 e. The van der Waals surface area contributed by atoms with Crippen molar-refractivity contribution < 1.29 is 23.9 Å². The van der Waals surface area contributed by atoms with Crippen LogP contribution >= 0.6 is 0 Å². The molecule has 29 heavy (non-hydrogen) atoms. The standard InChI is InChI=1S/C23H25NO5/c1-3-28-20-12-9-18(10-13-20)11-14-23(27)29-16-22(26)24-21(17(2)25)15-19-7-5-4-6-8-19/h4-14,21H,3,15-16H2,1-2H3,(H,24,26)/b14-11+. The maximum Gasteiger partial charge on any atom is 0.331 e. The molecule has 1 amide bonds. The first kappa shape index (κ1) is 21.9. The number of ketones is 1. The van der Waals surface area contributed by atoms with Crippen molar-refractivity contribution in [2.24, 2.45) is 0 Å². The summed E-state index contributed by atoms with van der Waals surface area (Å²) in [6, 6.07) is 15.9. The van der Waals surface area contributed by atoms with Crippen LogP contribution in [0, 0.1) is 0 Å². The highest BCUT2D eigenvalue weighted by Crippen LogP contribution is 2.13. The molecule has 0 aliphatic carbocycles. The lowest BCUT2D eigenvalue weighted by molar-refractivity contribution is -0.144. The van der Waals surface area contributed by atoms with Gasteiger partial charge in [-0.05, 0) is 49.6 Å². The third kappa shape index (κ3) is 8.01. The minimum absolute atomic E-state index is 0.163. The highest BCUT2D eigenvalue weighted by atomic mass is 16.5. The molecule has 0 radical (unpaired) electrons. The Morgan fingerprint density at radius 1 is 1.03 bits per heavy atom.